The van der Waals surface area contributed by atoms with Crippen molar-refractivity contribution < 1.29 is 8.78 Å². The molecule has 11 rings (SSSR count). The molecule has 1 aliphatic carbocycles. The summed E-state index contributed by atoms with van der Waals surface area (Å²) in [7, 11) is 0. The van der Waals surface area contributed by atoms with Crippen LogP contribution in [0.3, 0.4) is 0 Å². The number of hydrogen-bond donors (Lipinski definition) is 0. The average Bonchev–Trinajstić information content (AvgIpc) is 3.45. The monoisotopic (exact) mass is 1300 g/mol. The average molecular weight is 1300 g/mol. The van der Waals surface area contributed by atoms with Gasteiger partial charge in [-0.05, 0) is 0 Å². The van der Waals surface area contributed by atoms with Crippen molar-refractivity contribution in [1.82, 2.24) is 15.9 Å². The molecule has 414 valence electrons. The van der Waals surface area contributed by atoms with E-state index < -0.39 is 0 Å². The molecule has 0 aliphatic heterocycles. The van der Waals surface area contributed by atoms with Crippen LogP contribution in [0.5, 0.6) is 0 Å². The fourth-order valence-electron chi connectivity index (χ4n) is 12.3. The number of unbranched alkanes of at least 4 members (excludes halogenated alkanes) is 8. The fourth-order valence-corrected chi connectivity index (χ4v) is 21.7. The van der Waals surface area contributed by atoms with Crippen LogP contribution in [0.1, 0.15) is 178 Å². The maximum absolute atomic E-state index is 17.5. The second kappa shape index (κ2) is 26.1. The van der Waals surface area contributed by atoms with Gasteiger partial charge in [0, 0.05) is 0 Å². The van der Waals surface area contributed by atoms with Crippen LogP contribution in [0, 0.1) is 23.5 Å². The van der Waals surface area contributed by atoms with Gasteiger partial charge in [0.2, 0.25) is 0 Å². The number of hydrogen-bond acceptors (Lipinski definition) is 10. The van der Waals surface area contributed by atoms with E-state index in [1.807, 2.05) is 22.7 Å². The van der Waals surface area contributed by atoms with E-state index in [9.17, 15) is 0 Å². The van der Waals surface area contributed by atoms with E-state index in [0.29, 0.717) is 34.0 Å². The molecule has 0 amide bonds. The van der Waals surface area contributed by atoms with Crippen LogP contribution < -0.4 is 0 Å². The van der Waals surface area contributed by atoms with Crippen molar-refractivity contribution in [3.05, 3.63) is 105 Å². The SMILES string of the molecule is CCCCCCc1ccc(-c2ccc(-c3cc(F)c(-c4cc5c(s4)-c4sc(-c6c(F)cc(-c7ccc(-c8ccc(CCCCCC)s8)s7)c7n[se]nc67)cc4C5(CC(CC)CCCC)CC(CC)CCCC)c4n[se]nc34)s2)s1. The molecule has 0 fully saturated rings. The van der Waals surface area contributed by atoms with E-state index in [4.69, 9.17) is 15.9 Å². The Hall–Kier alpha value is -3.26. The van der Waals surface area contributed by atoms with Gasteiger partial charge < -0.3 is 0 Å². The molecule has 2 unspecified atom stereocenters. The molecule has 8 heterocycles. The first-order chi connectivity index (χ1) is 38.7. The van der Waals surface area contributed by atoms with E-state index in [2.05, 4.69) is 102 Å². The van der Waals surface area contributed by atoms with Gasteiger partial charge in [0.05, 0.1) is 0 Å². The van der Waals surface area contributed by atoms with Crippen molar-refractivity contribution >= 4 is 120 Å². The van der Waals surface area contributed by atoms with Crippen LogP contribution in [0.4, 0.5) is 8.78 Å². The van der Waals surface area contributed by atoms with E-state index in [0.717, 1.165) is 93.0 Å². The summed E-state index contributed by atoms with van der Waals surface area (Å²) in [6.45, 7) is 13.9. The third kappa shape index (κ3) is 11.8. The minimum absolute atomic E-state index is 0.243. The predicted molar refractivity (Wildman–Crippen MR) is 344 cm³/mol. The number of fused-ring (bicyclic) bond motifs is 5. The molecule has 0 N–H and O–H groups in total. The Kier molecular flexibility index (Phi) is 19.0. The summed E-state index contributed by atoms with van der Waals surface area (Å²) in [4.78, 5) is 14.1. The number of aryl methyl sites for hydroxylation is 2. The molecule has 2 atom stereocenters. The third-order valence-electron chi connectivity index (χ3n) is 16.6. The number of thiophene rings is 6. The molecule has 0 saturated carbocycles. The molecular formula is C65H72F2N4S6Se2. The van der Waals surface area contributed by atoms with Gasteiger partial charge >= 0.3 is 455 Å². The zero-order chi connectivity index (χ0) is 54.6. The number of nitrogens with zero attached hydrogens (tertiary/aromatic N) is 4. The van der Waals surface area contributed by atoms with Gasteiger partial charge in [-0.25, -0.2) is 0 Å². The van der Waals surface area contributed by atoms with Crippen LogP contribution in [0.2, 0.25) is 0 Å². The van der Waals surface area contributed by atoms with Crippen LogP contribution in [0.15, 0.2) is 72.8 Å². The summed E-state index contributed by atoms with van der Waals surface area (Å²) in [5.41, 5.74) is 8.19. The topological polar surface area (TPSA) is 51.6 Å². The Morgan fingerprint density at radius 2 is 0.810 bits per heavy atom. The Bertz CT molecular complexity index is 3420. The van der Waals surface area contributed by atoms with Crippen molar-refractivity contribution in [3.63, 3.8) is 0 Å². The van der Waals surface area contributed by atoms with Crippen LogP contribution in [-0.4, -0.2) is 45.8 Å². The first-order valence-corrected chi connectivity index (χ1v) is 37.2. The number of benzene rings is 2. The van der Waals surface area contributed by atoms with Gasteiger partial charge in [-0.15, -0.1) is 0 Å². The molecule has 8 aromatic heterocycles. The van der Waals surface area contributed by atoms with Gasteiger partial charge in [0.25, 0.3) is 0 Å². The van der Waals surface area contributed by atoms with Gasteiger partial charge in [-0.1, -0.05) is 53.4 Å². The van der Waals surface area contributed by atoms with Crippen LogP contribution in [0.25, 0.3) is 93.1 Å². The fraction of sp³-hybridized carbons (Fsp3) is 0.446. The standard InChI is InChI=1S/C65H72F2N4S6Se2/c1-7-13-17-19-23-41-25-27-51(72-41)53-31-29-49(74-53)43-33-47(66)57(61-59(43)68-78-70-61)55-35-45-63(76-55)64-46(65(45,37-39(11-5)21-15-9-3)38-40(12-6)22-16-10-4)36-56(77-64)58-48(67)34-44(60-62(58)71-79-69-60)50-30-32-54(75-50)52-28-26-42(73-52)24-20-18-14-8-2/h25-36,39-40H,7-24,37-38H2,1-6H3. The Morgan fingerprint density at radius 1 is 0.418 bits per heavy atom. The number of rotatable bonds is 28. The second-order valence-corrected chi connectivity index (χ2v) is 30.8. The molecule has 0 spiro atoms. The van der Waals surface area contributed by atoms with Gasteiger partial charge in [-0.3, -0.25) is 0 Å². The van der Waals surface area contributed by atoms with Gasteiger partial charge in [0.1, 0.15) is 0 Å². The Morgan fingerprint density at radius 3 is 1.23 bits per heavy atom. The first kappa shape index (κ1) is 57.6. The summed E-state index contributed by atoms with van der Waals surface area (Å²) >= 11 is 9.91. The molecule has 0 radical (unpaired) electrons. The van der Waals surface area contributed by atoms with E-state index in [1.54, 1.807) is 57.5 Å². The third-order valence-corrected chi connectivity index (χ3v) is 26.2. The van der Waals surface area contributed by atoms with Crippen LogP contribution >= 0.6 is 68.0 Å². The molecule has 4 nitrogen and oxygen atoms in total. The minimum atomic E-state index is -0.368. The molecule has 79 heavy (non-hydrogen) atoms. The molecule has 10 aromatic rings. The summed E-state index contributed by atoms with van der Waals surface area (Å²) in [6.07, 6.45) is 23.6. The maximum atomic E-state index is 17.5. The normalized spacial score (nSPS) is 13.8. The Labute approximate surface area is 503 Å². The van der Waals surface area contributed by atoms with Crippen LogP contribution in [-0.2, 0) is 18.3 Å². The summed E-state index contributed by atoms with van der Waals surface area (Å²) < 4.78 is 55.2. The predicted octanol–water partition coefficient (Wildman–Crippen LogP) is 22.1. The molecular weight excluding hydrogens is 1230 g/mol. The van der Waals surface area contributed by atoms with Crippen molar-refractivity contribution in [1.29, 1.82) is 0 Å². The van der Waals surface area contributed by atoms with E-state index in [1.165, 1.54) is 127 Å². The molecule has 0 bridgehead atoms. The van der Waals surface area contributed by atoms with Crippen molar-refractivity contribution in [3.8, 4) is 71.0 Å². The summed E-state index contributed by atoms with van der Waals surface area (Å²) in [5.74, 6) is 0.528. The van der Waals surface area contributed by atoms with E-state index in [-0.39, 0.29) is 47.0 Å². The molecule has 14 heteroatoms. The zero-order valence-electron chi connectivity index (χ0n) is 46.5. The van der Waals surface area contributed by atoms with Crippen molar-refractivity contribution in [2.24, 2.45) is 11.8 Å². The van der Waals surface area contributed by atoms with Gasteiger partial charge in [0.15, 0.2) is 0 Å². The van der Waals surface area contributed by atoms with Crippen molar-refractivity contribution in [2.75, 3.05) is 0 Å². The second-order valence-electron chi connectivity index (χ2n) is 22.0. The van der Waals surface area contributed by atoms with Gasteiger partial charge in [-0.2, -0.15) is 0 Å². The van der Waals surface area contributed by atoms with E-state index >= 15 is 8.78 Å². The summed E-state index contributed by atoms with van der Waals surface area (Å²) in [5, 5.41) is 0. The molecule has 1 aliphatic rings. The van der Waals surface area contributed by atoms with Crippen molar-refractivity contribution in [2.45, 2.75) is 175 Å². The zero-order valence-corrected chi connectivity index (χ0v) is 54.9. The summed E-state index contributed by atoms with van der Waals surface area (Å²) in [6, 6.07) is 26.0. The first-order valence-electron chi connectivity index (χ1n) is 29.3. The quantitative estimate of drug-likeness (QED) is 0.0362. The molecule has 2 aromatic carbocycles. The number of aromatic nitrogens is 4. The Balaban J connectivity index is 0.992. The molecule has 0 saturated heterocycles. The number of halogens is 2.